The zero-order valence-corrected chi connectivity index (χ0v) is 13.3. The second kappa shape index (κ2) is 8.24. The van der Waals surface area contributed by atoms with Crippen molar-refractivity contribution in [2.24, 2.45) is 0 Å². The number of hydrogen-bond acceptors (Lipinski definition) is 3. The van der Waals surface area contributed by atoms with E-state index in [-0.39, 0.29) is 11.7 Å². The van der Waals surface area contributed by atoms with E-state index in [1.54, 1.807) is 12.1 Å². The average molecular weight is 316 g/mol. The second-order valence-corrected chi connectivity index (χ2v) is 5.88. The summed E-state index contributed by atoms with van der Waals surface area (Å²) in [7, 11) is 1.27. The van der Waals surface area contributed by atoms with Crippen LogP contribution in [0, 0.1) is 0 Å². The molecule has 1 aromatic carbocycles. The van der Waals surface area contributed by atoms with Crippen molar-refractivity contribution in [2.75, 3.05) is 7.11 Å². The van der Waals surface area contributed by atoms with Gasteiger partial charge in [0.05, 0.1) is 18.4 Å². The third kappa shape index (κ3) is 4.89. The summed E-state index contributed by atoms with van der Waals surface area (Å²) in [4.78, 5) is 11.6. The van der Waals surface area contributed by atoms with Crippen LogP contribution < -0.4 is 0 Å². The topological polar surface area (TPSA) is 63.6 Å². The molecule has 0 aromatic heterocycles. The molecule has 0 amide bonds. The summed E-state index contributed by atoms with van der Waals surface area (Å²) >= 11 is -2.06. The summed E-state index contributed by atoms with van der Waals surface area (Å²) in [6, 6.07) is 4.74. The number of ether oxygens (including phenoxy) is 1. The van der Waals surface area contributed by atoms with Crippen LogP contribution in [-0.2, 0) is 21.6 Å². The van der Waals surface area contributed by atoms with Gasteiger partial charge in [-0.15, -0.1) is 0 Å². The average Bonchev–Trinajstić information content (AvgIpc) is 2.43. The van der Waals surface area contributed by atoms with E-state index in [4.69, 9.17) is 4.55 Å². The lowest BCUT2D eigenvalue weighted by atomic mass is 9.87. The Morgan fingerprint density at radius 1 is 1.48 bits per heavy atom. The number of carbonyl (C=O) groups is 1. The number of methoxy groups -OCH3 is 1. The number of carbonyl (C=O) groups excluding carboxylic acids is 1. The number of benzene rings is 1. The van der Waals surface area contributed by atoms with Crippen LogP contribution in [0.1, 0.15) is 54.1 Å². The lowest BCUT2D eigenvalue weighted by Gasteiger charge is -2.21. The van der Waals surface area contributed by atoms with Crippen molar-refractivity contribution in [1.29, 1.82) is 0 Å². The Kier molecular flexibility index (Phi) is 6.98. The Balaban J connectivity index is 3.28. The van der Waals surface area contributed by atoms with Gasteiger partial charge in [-0.2, -0.15) is 0 Å². The van der Waals surface area contributed by atoms with Crippen molar-refractivity contribution in [3.05, 3.63) is 34.9 Å². The van der Waals surface area contributed by atoms with E-state index >= 15 is 0 Å². The van der Waals surface area contributed by atoms with Crippen LogP contribution in [-0.4, -0.2) is 28.0 Å². The van der Waals surface area contributed by atoms with Crippen LogP contribution in [0.25, 0.3) is 0 Å². The van der Waals surface area contributed by atoms with Crippen molar-refractivity contribution in [2.45, 2.75) is 44.5 Å². The van der Waals surface area contributed by atoms with Gasteiger partial charge in [0.25, 0.3) is 0 Å². The third-order valence-corrected chi connectivity index (χ3v) is 3.95. The lowest BCUT2D eigenvalue weighted by Crippen LogP contribution is -2.14. The van der Waals surface area contributed by atoms with E-state index < -0.39 is 23.2 Å². The first-order valence-corrected chi connectivity index (χ1v) is 8.10. The van der Waals surface area contributed by atoms with Crippen molar-refractivity contribution in [3.63, 3.8) is 0 Å². The largest absolute Gasteiger partial charge is 0.465 e. The molecule has 118 valence electrons. The number of hydrogen-bond donors (Lipinski definition) is 1. The zero-order valence-electron chi connectivity index (χ0n) is 12.5. The van der Waals surface area contributed by atoms with Crippen LogP contribution >= 0.6 is 0 Å². The molecule has 0 radical (unpaired) electrons. The first-order valence-electron chi connectivity index (χ1n) is 6.83. The smallest absolute Gasteiger partial charge is 0.337 e. The van der Waals surface area contributed by atoms with Crippen LogP contribution in [0.5, 0.6) is 0 Å². The standard InChI is InChI=1S/C15H21FO4S/c1-4-5-13(10(2)16)14-7-6-11(15(17)20-3)8-12(14)9-21(18)19/h6-8,10,13H,4-5,9H2,1-3H3,(H,18,19). The highest BCUT2D eigenvalue weighted by molar-refractivity contribution is 7.78. The second-order valence-electron chi connectivity index (χ2n) is 4.94. The van der Waals surface area contributed by atoms with E-state index in [9.17, 15) is 13.4 Å². The van der Waals surface area contributed by atoms with Crippen molar-refractivity contribution < 1.29 is 22.7 Å². The highest BCUT2D eigenvalue weighted by Gasteiger charge is 2.22. The summed E-state index contributed by atoms with van der Waals surface area (Å²) in [5.41, 5.74) is 1.49. The van der Waals surface area contributed by atoms with Gasteiger partial charge in [-0.05, 0) is 36.6 Å². The maximum absolute atomic E-state index is 13.9. The van der Waals surface area contributed by atoms with Gasteiger partial charge in [-0.1, -0.05) is 19.4 Å². The monoisotopic (exact) mass is 316 g/mol. The van der Waals surface area contributed by atoms with Gasteiger partial charge in [0.2, 0.25) is 0 Å². The van der Waals surface area contributed by atoms with Crippen molar-refractivity contribution >= 4 is 17.0 Å². The number of esters is 1. The Bertz CT molecular complexity index is 516. The molecule has 21 heavy (non-hydrogen) atoms. The van der Waals surface area contributed by atoms with Gasteiger partial charge in [-0.3, -0.25) is 0 Å². The Morgan fingerprint density at radius 2 is 2.14 bits per heavy atom. The van der Waals surface area contributed by atoms with Crippen molar-refractivity contribution in [1.82, 2.24) is 0 Å². The maximum atomic E-state index is 13.9. The molecule has 0 aliphatic heterocycles. The zero-order chi connectivity index (χ0) is 16.0. The fraction of sp³-hybridized carbons (Fsp3) is 0.533. The van der Waals surface area contributed by atoms with Gasteiger partial charge >= 0.3 is 5.97 Å². The highest BCUT2D eigenvalue weighted by atomic mass is 32.2. The van der Waals surface area contributed by atoms with Crippen LogP contribution in [0.15, 0.2) is 18.2 Å². The molecule has 0 heterocycles. The molecule has 1 rings (SSSR count). The fourth-order valence-corrected chi connectivity index (χ4v) is 2.93. The molecule has 3 unspecified atom stereocenters. The SMILES string of the molecule is CCCC(c1ccc(C(=O)OC)cc1CS(=O)O)C(C)F. The van der Waals surface area contributed by atoms with Crippen molar-refractivity contribution in [3.8, 4) is 0 Å². The van der Waals surface area contributed by atoms with E-state index in [1.165, 1.54) is 20.1 Å². The van der Waals surface area contributed by atoms with E-state index in [0.29, 0.717) is 23.1 Å². The van der Waals surface area contributed by atoms with Gasteiger partial charge in [0, 0.05) is 5.92 Å². The Hall–Kier alpha value is -1.27. The Morgan fingerprint density at radius 3 is 2.62 bits per heavy atom. The summed E-state index contributed by atoms with van der Waals surface area (Å²) in [6.45, 7) is 3.44. The molecule has 0 aliphatic rings. The van der Waals surface area contributed by atoms with E-state index in [2.05, 4.69) is 4.74 Å². The minimum atomic E-state index is -2.06. The first kappa shape index (κ1) is 17.8. The quantitative estimate of drug-likeness (QED) is 0.618. The molecule has 0 bridgehead atoms. The number of halogens is 1. The van der Waals surface area contributed by atoms with E-state index in [0.717, 1.165) is 6.42 Å². The van der Waals surface area contributed by atoms with Gasteiger partial charge < -0.3 is 9.29 Å². The molecule has 3 atom stereocenters. The molecule has 0 aliphatic carbocycles. The summed E-state index contributed by atoms with van der Waals surface area (Å²) in [5, 5.41) is 0. The minimum Gasteiger partial charge on any atom is -0.465 e. The van der Waals surface area contributed by atoms with Gasteiger partial charge in [0.1, 0.15) is 6.17 Å². The number of rotatable bonds is 7. The molecule has 1 N–H and O–H groups in total. The molecule has 4 nitrogen and oxygen atoms in total. The fourth-order valence-electron chi connectivity index (χ4n) is 2.41. The van der Waals surface area contributed by atoms with Crippen LogP contribution in [0.3, 0.4) is 0 Å². The van der Waals surface area contributed by atoms with Gasteiger partial charge in [0.15, 0.2) is 11.1 Å². The number of alkyl halides is 1. The predicted molar refractivity (Wildman–Crippen MR) is 80.5 cm³/mol. The molecule has 0 saturated heterocycles. The molecule has 1 aromatic rings. The van der Waals surface area contributed by atoms with E-state index in [1.807, 2.05) is 6.92 Å². The molecule has 0 saturated carbocycles. The summed E-state index contributed by atoms with van der Waals surface area (Å²) < 4.78 is 38.7. The molecule has 0 spiro atoms. The summed E-state index contributed by atoms with van der Waals surface area (Å²) in [6.07, 6.45) is 0.374. The predicted octanol–water partition coefficient (Wildman–Crippen LogP) is 3.44. The lowest BCUT2D eigenvalue weighted by molar-refractivity contribution is 0.0600. The first-order chi connectivity index (χ1) is 9.90. The Labute approximate surface area is 127 Å². The molecular weight excluding hydrogens is 295 g/mol. The van der Waals surface area contributed by atoms with Gasteiger partial charge in [-0.25, -0.2) is 13.4 Å². The third-order valence-electron chi connectivity index (χ3n) is 3.40. The molecule has 6 heteroatoms. The maximum Gasteiger partial charge on any atom is 0.337 e. The highest BCUT2D eigenvalue weighted by Crippen LogP contribution is 2.31. The summed E-state index contributed by atoms with van der Waals surface area (Å²) in [5.74, 6) is -1.00. The van der Waals surface area contributed by atoms with Crippen LogP contribution in [0.2, 0.25) is 0 Å². The minimum absolute atomic E-state index is 0.132. The molecular formula is C15H21FO4S. The molecule has 0 fully saturated rings. The normalized spacial score (nSPS) is 15.3. The van der Waals surface area contributed by atoms with Crippen LogP contribution in [0.4, 0.5) is 4.39 Å².